The zero-order valence-electron chi connectivity index (χ0n) is 15.4. The van der Waals surface area contributed by atoms with Gasteiger partial charge in [0.2, 0.25) is 0 Å². The predicted molar refractivity (Wildman–Crippen MR) is 120 cm³/mol. The summed E-state index contributed by atoms with van der Waals surface area (Å²) in [5, 5.41) is 9.11. The van der Waals surface area contributed by atoms with Gasteiger partial charge in [-0.05, 0) is 23.8 Å². The number of phenolic OH excluding ortho intramolecular Hbond substituents is 1. The Morgan fingerprint density at radius 1 is 0.903 bits per heavy atom. The van der Waals surface area contributed by atoms with Crippen LogP contribution in [-0.2, 0) is 0 Å². The topological polar surface area (TPSA) is 65.0 Å². The molecule has 1 aliphatic heterocycles. The normalized spacial score (nSPS) is 14.8. The molecule has 1 aliphatic rings. The quantitative estimate of drug-likeness (QED) is 0.232. The van der Waals surface area contributed by atoms with Crippen LogP contribution in [0.2, 0.25) is 20.1 Å². The fourth-order valence-corrected chi connectivity index (χ4v) is 3.68. The number of hydrogen-bond acceptors (Lipinski definition) is 5. The molecular formula is C22H12Cl4O5. The van der Waals surface area contributed by atoms with Gasteiger partial charge in [-0.25, -0.2) is 0 Å². The number of carbonyl (C=O) groups excluding carboxylic acids is 1. The molecule has 158 valence electrons. The molecule has 0 saturated carbocycles. The molecule has 3 aromatic carbocycles. The molecule has 4 rings (SSSR count). The van der Waals surface area contributed by atoms with E-state index in [1.165, 1.54) is 6.08 Å². The maximum atomic E-state index is 12.2. The van der Waals surface area contributed by atoms with E-state index in [2.05, 4.69) is 0 Å². The minimum Gasteiger partial charge on any atom is -0.505 e. The van der Waals surface area contributed by atoms with Crippen LogP contribution < -0.4 is 14.2 Å². The van der Waals surface area contributed by atoms with Crippen LogP contribution in [0.5, 0.6) is 23.0 Å². The highest BCUT2D eigenvalue weighted by atomic mass is 35.5. The van der Waals surface area contributed by atoms with E-state index in [-0.39, 0.29) is 31.6 Å². The minimum absolute atomic E-state index is 0.0949. The van der Waals surface area contributed by atoms with Crippen LogP contribution in [0.3, 0.4) is 0 Å². The van der Waals surface area contributed by atoms with Gasteiger partial charge in [-0.1, -0.05) is 88.9 Å². The van der Waals surface area contributed by atoms with Gasteiger partial charge in [-0.15, -0.1) is 0 Å². The smallest absolute Gasteiger partial charge is 0.406 e. The zero-order chi connectivity index (χ0) is 22.1. The Labute approximate surface area is 197 Å². The van der Waals surface area contributed by atoms with Gasteiger partial charge in [0.1, 0.15) is 20.1 Å². The van der Waals surface area contributed by atoms with Crippen molar-refractivity contribution in [2.75, 3.05) is 0 Å². The molecule has 1 N–H and O–H groups in total. The summed E-state index contributed by atoms with van der Waals surface area (Å²) in [6.45, 7) is -1.22. The number of hydrogen-bond donors (Lipinski definition) is 1. The molecule has 0 aromatic heterocycles. The van der Waals surface area contributed by atoms with Crippen molar-refractivity contribution in [3.63, 3.8) is 0 Å². The molecular weight excluding hydrogens is 486 g/mol. The lowest BCUT2D eigenvalue weighted by Crippen LogP contribution is -2.25. The van der Waals surface area contributed by atoms with E-state index in [1.807, 2.05) is 6.07 Å². The molecule has 0 saturated heterocycles. The first kappa shape index (κ1) is 21.7. The molecule has 9 heteroatoms. The molecule has 0 spiro atoms. The molecule has 1 atom stereocenters. The van der Waals surface area contributed by atoms with Crippen LogP contribution in [0, 0.1) is 0 Å². The van der Waals surface area contributed by atoms with Gasteiger partial charge in [-0.3, -0.25) is 4.79 Å². The zero-order valence-corrected chi connectivity index (χ0v) is 18.5. The molecule has 0 fully saturated rings. The maximum absolute atomic E-state index is 12.2. The van der Waals surface area contributed by atoms with E-state index >= 15 is 0 Å². The van der Waals surface area contributed by atoms with Gasteiger partial charge in [-0.2, -0.15) is 0 Å². The molecule has 0 amide bonds. The summed E-state index contributed by atoms with van der Waals surface area (Å²) in [4.78, 5) is 12.2. The van der Waals surface area contributed by atoms with Crippen molar-refractivity contribution in [3.8, 4) is 23.0 Å². The third-order valence-electron chi connectivity index (χ3n) is 4.31. The number of rotatable bonds is 5. The Balaban J connectivity index is 1.50. The van der Waals surface area contributed by atoms with Crippen molar-refractivity contribution < 1.29 is 24.1 Å². The second-order valence-corrected chi connectivity index (χ2v) is 7.86. The van der Waals surface area contributed by atoms with E-state index in [9.17, 15) is 9.90 Å². The number of benzene rings is 3. The number of allylic oxidation sites excluding steroid dienone is 1. The standard InChI is InChI=1S/C22H12Cl4O5/c23-16-18(25)21(19(26)17(24)20(16)28)31-22-29-14-9-7-11(10-15(14)30-22)6-8-13(27)12-4-2-1-3-5-12/h1-10,22,28H. The SMILES string of the molecule is O=C(C=Cc1ccc2c(c1)OC(Oc1c(Cl)c(Cl)c(O)c(Cl)c1Cl)O2)c1ccccc1. The lowest BCUT2D eigenvalue weighted by atomic mass is 10.1. The molecule has 0 aliphatic carbocycles. The lowest BCUT2D eigenvalue weighted by molar-refractivity contribution is -0.112. The first-order chi connectivity index (χ1) is 14.8. The summed E-state index contributed by atoms with van der Waals surface area (Å²) in [5.74, 6) is 0.137. The summed E-state index contributed by atoms with van der Waals surface area (Å²) in [5.41, 5.74) is 1.31. The number of ketones is 1. The molecule has 31 heavy (non-hydrogen) atoms. The third kappa shape index (κ3) is 4.41. The number of fused-ring (bicyclic) bond motifs is 1. The predicted octanol–water partition coefficient (Wildman–Crippen LogP) is 7.04. The largest absolute Gasteiger partial charge is 0.505 e. The fourth-order valence-electron chi connectivity index (χ4n) is 2.77. The van der Waals surface area contributed by atoms with Crippen molar-refractivity contribution in [3.05, 3.63) is 85.8 Å². The number of carbonyl (C=O) groups is 1. The summed E-state index contributed by atoms with van der Waals surface area (Å²) < 4.78 is 16.8. The van der Waals surface area contributed by atoms with Crippen LogP contribution in [0.1, 0.15) is 15.9 Å². The van der Waals surface area contributed by atoms with E-state index in [1.54, 1.807) is 48.5 Å². The van der Waals surface area contributed by atoms with Gasteiger partial charge in [0, 0.05) is 5.56 Å². The number of aromatic hydroxyl groups is 1. The van der Waals surface area contributed by atoms with Crippen LogP contribution in [0.25, 0.3) is 6.08 Å². The van der Waals surface area contributed by atoms with Gasteiger partial charge >= 0.3 is 6.48 Å². The van der Waals surface area contributed by atoms with Crippen molar-refractivity contribution in [2.45, 2.75) is 6.48 Å². The van der Waals surface area contributed by atoms with Crippen molar-refractivity contribution >= 4 is 58.3 Å². The van der Waals surface area contributed by atoms with E-state index in [4.69, 9.17) is 60.6 Å². The molecule has 1 unspecified atom stereocenters. The highest BCUT2D eigenvalue weighted by Gasteiger charge is 2.30. The number of ether oxygens (including phenoxy) is 3. The second kappa shape index (κ2) is 8.89. The Morgan fingerprint density at radius 3 is 2.23 bits per heavy atom. The average molecular weight is 498 g/mol. The lowest BCUT2D eigenvalue weighted by Gasteiger charge is -2.16. The van der Waals surface area contributed by atoms with Crippen LogP contribution in [0.15, 0.2) is 54.6 Å². The number of halogens is 4. The second-order valence-electron chi connectivity index (χ2n) is 6.35. The Morgan fingerprint density at radius 2 is 1.55 bits per heavy atom. The van der Waals surface area contributed by atoms with Gasteiger partial charge in [0.15, 0.2) is 28.8 Å². The molecule has 0 bridgehead atoms. The molecule has 5 nitrogen and oxygen atoms in total. The van der Waals surface area contributed by atoms with Crippen LogP contribution in [-0.4, -0.2) is 17.4 Å². The van der Waals surface area contributed by atoms with Crippen molar-refractivity contribution in [2.24, 2.45) is 0 Å². The minimum atomic E-state index is -1.22. The summed E-state index contributed by atoms with van der Waals surface area (Å²) in [7, 11) is 0. The van der Waals surface area contributed by atoms with Crippen molar-refractivity contribution in [1.82, 2.24) is 0 Å². The monoisotopic (exact) mass is 496 g/mol. The third-order valence-corrected chi connectivity index (χ3v) is 5.96. The Bertz CT molecular complexity index is 1170. The first-order valence-corrected chi connectivity index (χ1v) is 10.3. The van der Waals surface area contributed by atoms with E-state index in [0.29, 0.717) is 17.1 Å². The highest BCUT2D eigenvalue weighted by molar-refractivity contribution is 6.50. The summed E-state index contributed by atoms with van der Waals surface area (Å²) in [6.07, 6.45) is 3.14. The highest BCUT2D eigenvalue weighted by Crippen LogP contribution is 2.50. The number of phenols is 1. The molecule has 0 radical (unpaired) electrons. The Hall–Kier alpha value is -2.57. The van der Waals surface area contributed by atoms with Gasteiger partial charge < -0.3 is 19.3 Å². The Kier molecular flexibility index (Phi) is 6.21. The van der Waals surface area contributed by atoms with Crippen molar-refractivity contribution in [1.29, 1.82) is 0 Å². The van der Waals surface area contributed by atoms with Crippen LogP contribution >= 0.6 is 46.4 Å². The first-order valence-electron chi connectivity index (χ1n) is 8.81. The van der Waals surface area contributed by atoms with E-state index in [0.717, 1.165) is 5.56 Å². The molecule has 3 aromatic rings. The van der Waals surface area contributed by atoms with Crippen LogP contribution in [0.4, 0.5) is 0 Å². The maximum Gasteiger partial charge on any atom is 0.406 e. The molecule has 1 heterocycles. The summed E-state index contributed by atoms with van der Waals surface area (Å²) in [6, 6.07) is 14.0. The fraction of sp³-hybridized carbons (Fsp3) is 0.0455. The van der Waals surface area contributed by atoms with Gasteiger partial charge in [0.25, 0.3) is 0 Å². The average Bonchev–Trinajstić information content (AvgIpc) is 3.20. The van der Waals surface area contributed by atoms with E-state index < -0.39 is 12.2 Å². The van der Waals surface area contributed by atoms with Gasteiger partial charge in [0.05, 0.1) is 0 Å². The summed E-state index contributed by atoms with van der Waals surface area (Å²) >= 11 is 24.1.